The van der Waals surface area contributed by atoms with E-state index in [-0.39, 0.29) is 24.9 Å². The van der Waals surface area contributed by atoms with Gasteiger partial charge < -0.3 is 20.3 Å². The monoisotopic (exact) mass is 834 g/mol. The van der Waals surface area contributed by atoms with Crippen molar-refractivity contribution in [2.24, 2.45) is 0 Å². The van der Waals surface area contributed by atoms with E-state index in [0.29, 0.717) is 25.7 Å². The number of rotatable bonds is 42. The highest BCUT2D eigenvalue weighted by Gasteiger charge is 2.24. The summed E-state index contributed by atoms with van der Waals surface area (Å²) < 4.78 is 5.87. The van der Waals surface area contributed by atoms with Gasteiger partial charge in [-0.15, -0.1) is 0 Å². The largest absolute Gasteiger partial charge is 0.462 e. The predicted octanol–water partition coefficient (Wildman–Crippen LogP) is 14.6. The van der Waals surface area contributed by atoms with Crippen LogP contribution < -0.4 is 5.32 Å². The molecule has 60 heavy (non-hydrogen) atoms. The third-order valence-corrected chi connectivity index (χ3v) is 10.4. The van der Waals surface area contributed by atoms with E-state index in [1.807, 2.05) is 0 Å². The van der Waals surface area contributed by atoms with Gasteiger partial charge in [0.15, 0.2) is 0 Å². The molecule has 6 heteroatoms. The van der Waals surface area contributed by atoms with Gasteiger partial charge in [-0.05, 0) is 96.3 Å². The molecule has 0 aromatic rings. The van der Waals surface area contributed by atoms with E-state index < -0.39 is 18.2 Å². The van der Waals surface area contributed by atoms with Crippen LogP contribution in [0.25, 0.3) is 0 Å². The molecule has 0 fully saturated rings. The highest BCUT2D eigenvalue weighted by molar-refractivity contribution is 5.77. The number of carbonyl (C=O) groups excluding carboxylic acids is 2. The molecule has 0 aromatic carbocycles. The Morgan fingerprint density at radius 2 is 0.900 bits per heavy atom. The molecule has 0 aromatic heterocycles. The maximum atomic E-state index is 13.2. The zero-order chi connectivity index (χ0) is 43.8. The molecule has 6 nitrogen and oxygen atoms in total. The van der Waals surface area contributed by atoms with E-state index in [1.165, 1.54) is 57.8 Å². The van der Waals surface area contributed by atoms with E-state index in [4.69, 9.17) is 4.74 Å². The van der Waals surface area contributed by atoms with Crippen molar-refractivity contribution in [3.05, 3.63) is 97.2 Å². The van der Waals surface area contributed by atoms with Crippen LogP contribution in [0.2, 0.25) is 0 Å². The van der Waals surface area contributed by atoms with Crippen molar-refractivity contribution < 1.29 is 24.5 Å². The van der Waals surface area contributed by atoms with Crippen LogP contribution in [0.3, 0.4) is 0 Å². The maximum absolute atomic E-state index is 13.2. The van der Waals surface area contributed by atoms with Gasteiger partial charge in [0.25, 0.3) is 0 Å². The minimum Gasteiger partial charge on any atom is -0.462 e. The van der Waals surface area contributed by atoms with Crippen molar-refractivity contribution in [2.75, 3.05) is 6.61 Å². The number of esters is 1. The molecule has 0 saturated carbocycles. The number of allylic oxidation sites excluding steroid dienone is 16. The molecule has 3 atom stereocenters. The molecule has 1 amide bonds. The van der Waals surface area contributed by atoms with E-state index >= 15 is 0 Å². The van der Waals surface area contributed by atoms with E-state index in [1.54, 1.807) is 0 Å². The first-order chi connectivity index (χ1) is 29.5. The van der Waals surface area contributed by atoms with Crippen LogP contribution in [0.5, 0.6) is 0 Å². The van der Waals surface area contributed by atoms with Crippen LogP contribution in [0.1, 0.15) is 207 Å². The molecule has 3 N–H and O–H groups in total. The average Bonchev–Trinajstić information content (AvgIpc) is 3.24. The van der Waals surface area contributed by atoms with Crippen molar-refractivity contribution in [2.45, 2.75) is 225 Å². The van der Waals surface area contributed by atoms with E-state index in [9.17, 15) is 19.8 Å². The Bertz CT molecular complexity index is 1210. The number of nitrogens with one attached hydrogen (secondary N) is 1. The molecule has 0 rings (SSSR count). The van der Waals surface area contributed by atoms with Gasteiger partial charge >= 0.3 is 5.97 Å². The Labute approximate surface area is 369 Å². The van der Waals surface area contributed by atoms with Crippen LogP contribution in [-0.2, 0) is 14.3 Å². The maximum Gasteiger partial charge on any atom is 0.306 e. The third kappa shape index (κ3) is 41.5. The summed E-state index contributed by atoms with van der Waals surface area (Å²) in [6.45, 7) is 6.21. The Morgan fingerprint density at radius 1 is 0.500 bits per heavy atom. The highest BCUT2D eigenvalue weighted by Crippen LogP contribution is 2.16. The summed E-state index contributed by atoms with van der Waals surface area (Å²) in [5.74, 6) is -0.592. The predicted molar refractivity (Wildman–Crippen MR) is 259 cm³/mol. The molecule has 0 heterocycles. The first-order valence-electron chi connectivity index (χ1n) is 24.5. The van der Waals surface area contributed by atoms with Gasteiger partial charge in [-0.1, -0.05) is 195 Å². The number of ether oxygens (including phenoxy) is 1. The van der Waals surface area contributed by atoms with Gasteiger partial charge in [0.2, 0.25) is 5.91 Å². The second-order valence-electron chi connectivity index (χ2n) is 16.1. The normalized spacial score (nSPS) is 14.2. The fourth-order valence-electron chi connectivity index (χ4n) is 6.77. The van der Waals surface area contributed by atoms with Crippen molar-refractivity contribution in [3.8, 4) is 0 Å². The first kappa shape index (κ1) is 56.8. The van der Waals surface area contributed by atoms with Crippen LogP contribution in [0, 0.1) is 0 Å². The summed E-state index contributed by atoms with van der Waals surface area (Å²) in [4.78, 5) is 26.0. The van der Waals surface area contributed by atoms with Crippen LogP contribution in [0.4, 0.5) is 0 Å². The second kappa shape index (κ2) is 46.8. The van der Waals surface area contributed by atoms with E-state index in [0.717, 1.165) is 96.3 Å². The smallest absolute Gasteiger partial charge is 0.306 e. The Balaban J connectivity index is 4.73. The minimum absolute atomic E-state index is 0.0233. The molecule has 0 bridgehead atoms. The van der Waals surface area contributed by atoms with Crippen molar-refractivity contribution in [1.29, 1.82) is 0 Å². The highest BCUT2D eigenvalue weighted by atomic mass is 16.5. The Kier molecular flexibility index (Phi) is 44.3. The molecule has 0 radical (unpaired) electrons. The Hall–Kier alpha value is -3.22. The van der Waals surface area contributed by atoms with Crippen molar-refractivity contribution in [3.63, 3.8) is 0 Å². The summed E-state index contributed by atoms with van der Waals surface area (Å²) in [6, 6.07) is -0.730. The summed E-state index contributed by atoms with van der Waals surface area (Å²) >= 11 is 0. The summed E-state index contributed by atoms with van der Waals surface area (Å²) in [5.41, 5.74) is 0. The number of amides is 1. The fraction of sp³-hybridized carbons (Fsp3) is 0.667. The van der Waals surface area contributed by atoms with Crippen molar-refractivity contribution >= 4 is 11.9 Å². The fourth-order valence-corrected chi connectivity index (χ4v) is 6.77. The third-order valence-electron chi connectivity index (χ3n) is 10.4. The molecule has 0 spiro atoms. The number of unbranched alkanes of at least 4 members (excludes halogenated alkanes) is 14. The average molecular weight is 834 g/mol. The zero-order valence-corrected chi connectivity index (χ0v) is 38.8. The second-order valence-corrected chi connectivity index (χ2v) is 16.1. The SMILES string of the molecule is CC/C=C\C/C=C\C/C=C\C/C=C\C/C=C\CCCC(=O)OC(CCCC/C=C/C/C=C/C/C=C/CC)CC(=O)NC(CO)C(O)CCCCCCCCCCCCCC. The molecule has 0 saturated heterocycles. The van der Waals surface area contributed by atoms with Crippen LogP contribution in [0.15, 0.2) is 97.2 Å². The summed E-state index contributed by atoms with van der Waals surface area (Å²) in [6.07, 6.45) is 61.9. The van der Waals surface area contributed by atoms with Gasteiger partial charge in [-0.2, -0.15) is 0 Å². The summed E-state index contributed by atoms with van der Waals surface area (Å²) in [5, 5.41) is 23.7. The Morgan fingerprint density at radius 3 is 1.35 bits per heavy atom. The topological polar surface area (TPSA) is 95.9 Å². The summed E-state index contributed by atoms with van der Waals surface area (Å²) in [7, 11) is 0. The molecular formula is C54H91NO5. The number of hydrogen-bond acceptors (Lipinski definition) is 5. The quantitative estimate of drug-likeness (QED) is 0.0323. The van der Waals surface area contributed by atoms with Gasteiger partial charge in [0.05, 0.1) is 25.2 Å². The van der Waals surface area contributed by atoms with Gasteiger partial charge in [-0.3, -0.25) is 9.59 Å². The number of aliphatic hydroxyl groups is 2. The van der Waals surface area contributed by atoms with Gasteiger partial charge in [0.1, 0.15) is 6.10 Å². The molecule has 0 aliphatic rings. The lowest BCUT2D eigenvalue weighted by molar-refractivity contribution is -0.151. The molecule has 342 valence electrons. The molecule has 0 aliphatic carbocycles. The van der Waals surface area contributed by atoms with E-state index in [2.05, 4.69) is 123 Å². The molecular weight excluding hydrogens is 743 g/mol. The molecule has 0 aliphatic heterocycles. The number of carbonyl (C=O) groups is 2. The zero-order valence-electron chi connectivity index (χ0n) is 38.8. The minimum atomic E-state index is -0.812. The lowest BCUT2D eigenvalue weighted by atomic mass is 10.0. The first-order valence-corrected chi connectivity index (χ1v) is 24.5. The molecule has 3 unspecified atom stereocenters. The van der Waals surface area contributed by atoms with Gasteiger partial charge in [-0.25, -0.2) is 0 Å². The standard InChI is InChI=1S/C54H91NO5/c1-4-7-10-13-16-19-22-25-26-27-28-29-32-35-38-41-44-47-54(59)60-50(45-42-39-36-33-30-23-20-17-14-11-8-5-2)48-53(58)55-51(49-56)52(57)46-43-40-37-34-31-24-21-18-15-12-9-6-3/h7-8,10-11,16-17,19-20,25-26,28-30,33,35,38,50-52,56-57H,4-6,9,12-15,18,21-24,27,31-32,34,36-37,39-49H2,1-3H3,(H,55,58)/b10-7-,11-8+,19-16-,20-17+,26-25-,29-28-,33-30+,38-35-. The number of aliphatic hydroxyl groups excluding tert-OH is 2. The lowest BCUT2D eigenvalue weighted by Gasteiger charge is -2.24. The van der Waals surface area contributed by atoms with Crippen LogP contribution in [-0.4, -0.2) is 46.9 Å². The number of hydrogen-bond donors (Lipinski definition) is 3. The lowest BCUT2D eigenvalue weighted by Crippen LogP contribution is -2.46. The van der Waals surface area contributed by atoms with Crippen molar-refractivity contribution in [1.82, 2.24) is 5.32 Å². The van der Waals surface area contributed by atoms with Gasteiger partial charge in [0, 0.05) is 6.42 Å². The van der Waals surface area contributed by atoms with Crippen LogP contribution >= 0.6 is 0 Å².